The highest BCUT2D eigenvalue weighted by atomic mass is 16.4. The van der Waals surface area contributed by atoms with Crippen molar-refractivity contribution in [1.82, 2.24) is 5.32 Å². The molecule has 0 fully saturated rings. The molecule has 0 rings (SSSR count). The maximum atomic E-state index is 11.0. The lowest BCUT2D eigenvalue weighted by Crippen LogP contribution is -2.37. The number of hydrogen-bond donors (Lipinski definition) is 3. The summed E-state index contributed by atoms with van der Waals surface area (Å²) in [6.07, 6.45) is -0.0770. The minimum atomic E-state index is -1.16. The van der Waals surface area contributed by atoms with E-state index >= 15 is 0 Å². The Morgan fingerprint density at radius 1 is 1.46 bits per heavy atom. The molecule has 0 bridgehead atoms. The molecule has 0 saturated heterocycles. The van der Waals surface area contributed by atoms with Gasteiger partial charge < -0.3 is 15.5 Å². The van der Waals surface area contributed by atoms with E-state index in [1.165, 1.54) is 6.92 Å². The van der Waals surface area contributed by atoms with Crippen LogP contribution in [0, 0.1) is 5.92 Å². The molecule has 5 heteroatoms. The quantitative estimate of drug-likeness (QED) is 0.513. The fourth-order valence-corrected chi connectivity index (χ4v) is 0.628. The van der Waals surface area contributed by atoms with Gasteiger partial charge in [-0.2, -0.15) is 0 Å². The van der Waals surface area contributed by atoms with E-state index in [0.29, 0.717) is 6.42 Å². The van der Waals surface area contributed by atoms with Crippen molar-refractivity contribution in [3.63, 3.8) is 0 Å². The topological polar surface area (TPSA) is 86.6 Å². The Balaban J connectivity index is 3.81. The third kappa shape index (κ3) is 4.47. The third-order valence-electron chi connectivity index (χ3n) is 1.75. The Labute approximate surface area is 76.8 Å². The first-order valence-electron chi connectivity index (χ1n) is 4.17. The number of aliphatic hydroxyl groups excluding tert-OH is 1. The van der Waals surface area contributed by atoms with Gasteiger partial charge in [0.25, 0.3) is 0 Å². The number of carboxylic acid groups (broad SMARTS) is 1. The summed E-state index contributed by atoms with van der Waals surface area (Å²) in [7, 11) is 0. The van der Waals surface area contributed by atoms with Gasteiger partial charge in [0.15, 0.2) is 0 Å². The molecule has 3 N–H and O–H groups in total. The van der Waals surface area contributed by atoms with E-state index in [2.05, 4.69) is 5.32 Å². The number of nitrogens with one attached hydrogen (secondary N) is 1. The molecule has 0 aliphatic carbocycles. The first kappa shape index (κ1) is 11.9. The molecule has 0 saturated carbocycles. The number of hydrogen-bond acceptors (Lipinski definition) is 3. The molecular weight excluding hydrogens is 174 g/mol. The largest absolute Gasteiger partial charge is 0.481 e. The molecule has 2 unspecified atom stereocenters. The van der Waals surface area contributed by atoms with Crippen LogP contribution in [-0.4, -0.2) is 34.7 Å². The Bertz CT molecular complexity index is 193. The van der Waals surface area contributed by atoms with Crippen LogP contribution in [0.5, 0.6) is 0 Å². The summed E-state index contributed by atoms with van der Waals surface area (Å²) in [4.78, 5) is 21.3. The van der Waals surface area contributed by atoms with Crippen LogP contribution in [0.2, 0.25) is 0 Å². The molecule has 0 aliphatic heterocycles. The number of carboxylic acids is 1. The van der Waals surface area contributed by atoms with E-state index in [4.69, 9.17) is 10.2 Å². The van der Waals surface area contributed by atoms with Gasteiger partial charge in [-0.05, 0) is 13.3 Å². The van der Waals surface area contributed by atoms with Crippen LogP contribution in [0.15, 0.2) is 0 Å². The van der Waals surface area contributed by atoms with E-state index in [-0.39, 0.29) is 6.54 Å². The van der Waals surface area contributed by atoms with E-state index in [9.17, 15) is 9.59 Å². The zero-order valence-corrected chi connectivity index (χ0v) is 7.78. The SMILES string of the molecule is CCC(O)CNC(=O)C(C)C(=O)O. The van der Waals surface area contributed by atoms with Crippen LogP contribution in [0.3, 0.4) is 0 Å². The van der Waals surface area contributed by atoms with E-state index in [1.807, 2.05) is 0 Å². The minimum Gasteiger partial charge on any atom is -0.481 e. The molecule has 13 heavy (non-hydrogen) atoms. The number of carbonyl (C=O) groups is 2. The molecule has 0 aromatic rings. The van der Waals surface area contributed by atoms with Crippen molar-refractivity contribution in [2.75, 3.05) is 6.54 Å². The summed E-state index contributed by atoms with van der Waals surface area (Å²) in [5.41, 5.74) is 0. The van der Waals surface area contributed by atoms with Crippen molar-refractivity contribution in [1.29, 1.82) is 0 Å². The van der Waals surface area contributed by atoms with Crippen molar-refractivity contribution in [3.05, 3.63) is 0 Å². The standard InChI is InChI=1S/C8H15NO4/c1-3-6(10)4-9-7(11)5(2)8(12)13/h5-6,10H,3-4H2,1-2H3,(H,9,11)(H,12,13). The lowest BCUT2D eigenvalue weighted by molar-refractivity contribution is -0.146. The van der Waals surface area contributed by atoms with Crippen LogP contribution in [0.25, 0.3) is 0 Å². The van der Waals surface area contributed by atoms with Crippen molar-refractivity contribution in [2.24, 2.45) is 5.92 Å². The summed E-state index contributed by atoms with van der Waals surface area (Å²) >= 11 is 0. The van der Waals surface area contributed by atoms with Crippen LogP contribution in [0.4, 0.5) is 0 Å². The second-order valence-electron chi connectivity index (χ2n) is 2.87. The second-order valence-corrected chi connectivity index (χ2v) is 2.87. The summed E-state index contributed by atoms with van der Waals surface area (Å²) in [6.45, 7) is 3.18. The first-order chi connectivity index (χ1) is 5.99. The van der Waals surface area contributed by atoms with Gasteiger partial charge in [-0.3, -0.25) is 9.59 Å². The molecule has 0 aromatic heterocycles. The maximum Gasteiger partial charge on any atom is 0.315 e. The summed E-state index contributed by atoms with van der Waals surface area (Å²) in [5.74, 6) is -2.80. The fourth-order valence-electron chi connectivity index (χ4n) is 0.628. The molecule has 2 atom stereocenters. The Hall–Kier alpha value is -1.10. The Morgan fingerprint density at radius 3 is 2.38 bits per heavy atom. The molecule has 0 spiro atoms. The highest BCUT2D eigenvalue weighted by Gasteiger charge is 2.20. The molecule has 0 aromatic carbocycles. The van der Waals surface area contributed by atoms with E-state index < -0.39 is 23.9 Å². The number of aliphatic carboxylic acids is 1. The normalized spacial score (nSPS) is 14.7. The molecule has 1 amide bonds. The smallest absolute Gasteiger partial charge is 0.315 e. The third-order valence-corrected chi connectivity index (χ3v) is 1.75. The average molecular weight is 189 g/mol. The van der Waals surface area contributed by atoms with Crippen molar-refractivity contribution in [2.45, 2.75) is 26.4 Å². The van der Waals surface area contributed by atoms with Gasteiger partial charge in [0.05, 0.1) is 6.10 Å². The van der Waals surface area contributed by atoms with Gasteiger partial charge in [-0.15, -0.1) is 0 Å². The molecule has 0 radical (unpaired) electrons. The lowest BCUT2D eigenvalue weighted by atomic mass is 10.1. The van der Waals surface area contributed by atoms with Crippen molar-refractivity contribution < 1.29 is 19.8 Å². The number of amides is 1. The van der Waals surface area contributed by atoms with Gasteiger partial charge in [-0.25, -0.2) is 0 Å². The second kappa shape index (κ2) is 5.53. The molecule has 76 valence electrons. The van der Waals surface area contributed by atoms with Crippen molar-refractivity contribution in [3.8, 4) is 0 Å². The highest BCUT2D eigenvalue weighted by molar-refractivity contribution is 5.96. The summed E-state index contributed by atoms with van der Waals surface area (Å²) < 4.78 is 0. The Kier molecular flexibility index (Phi) is 5.06. The predicted octanol–water partition coefficient (Wildman–Crippen LogP) is -0.406. The van der Waals surface area contributed by atoms with E-state index in [0.717, 1.165) is 0 Å². The van der Waals surface area contributed by atoms with Gasteiger partial charge >= 0.3 is 5.97 Å². The minimum absolute atomic E-state index is 0.104. The first-order valence-corrected chi connectivity index (χ1v) is 4.17. The van der Waals surface area contributed by atoms with E-state index in [1.54, 1.807) is 6.92 Å². The Morgan fingerprint density at radius 2 is 2.00 bits per heavy atom. The van der Waals surface area contributed by atoms with Gasteiger partial charge in [0, 0.05) is 6.54 Å². The van der Waals surface area contributed by atoms with Gasteiger partial charge in [-0.1, -0.05) is 6.92 Å². The zero-order valence-electron chi connectivity index (χ0n) is 7.78. The number of carbonyl (C=O) groups excluding carboxylic acids is 1. The highest BCUT2D eigenvalue weighted by Crippen LogP contribution is 1.95. The van der Waals surface area contributed by atoms with Gasteiger partial charge in [0.2, 0.25) is 5.91 Å². The lowest BCUT2D eigenvalue weighted by Gasteiger charge is -2.11. The van der Waals surface area contributed by atoms with Crippen LogP contribution in [0.1, 0.15) is 20.3 Å². The number of aliphatic hydroxyl groups is 1. The summed E-state index contributed by atoms with van der Waals surface area (Å²) in [5, 5.41) is 19.9. The van der Waals surface area contributed by atoms with Gasteiger partial charge in [0.1, 0.15) is 5.92 Å². The fraction of sp³-hybridized carbons (Fsp3) is 0.750. The molecule has 0 heterocycles. The van der Waals surface area contributed by atoms with Crippen LogP contribution in [-0.2, 0) is 9.59 Å². The number of rotatable bonds is 5. The van der Waals surface area contributed by atoms with Crippen LogP contribution < -0.4 is 5.32 Å². The zero-order chi connectivity index (χ0) is 10.4. The van der Waals surface area contributed by atoms with Crippen LogP contribution >= 0.6 is 0 Å². The molecular formula is C8H15NO4. The monoisotopic (exact) mass is 189 g/mol. The summed E-state index contributed by atoms with van der Waals surface area (Å²) in [6, 6.07) is 0. The average Bonchev–Trinajstić information content (AvgIpc) is 2.11. The predicted molar refractivity (Wildman–Crippen MR) is 46.1 cm³/mol. The molecule has 5 nitrogen and oxygen atoms in total. The molecule has 0 aliphatic rings. The maximum absolute atomic E-state index is 11.0. The van der Waals surface area contributed by atoms with Crippen molar-refractivity contribution >= 4 is 11.9 Å².